The lowest BCUT2D eigenvalue weighted by Gasteiger charge is -2.33. The highest BCUT2D eigenvalue weighted by Crippen LogP contribution is 2.26. The zero-order valence-corrected chi connectivity index (χ0v) is 10.4. The highest BCUT2D eigenvalue weighted by atomic mass is 16.5. The van der Waals surface area contributed by atoms with Crippen molar-refractivity contribution in [3.63, 3.8) is 0 Å². The number of aliphatic hydroxyl groups excluding tert-OH is 1. The normalized spacial score (nSPS) is 28.6. The molecule has 2 N–H and O–H groups in total. The molecule has 1 aliphatic rings. The monoisotopic (exact) mass is 215 g/mol. The number of hydrogen-bond donors (Lipinski definition) is 2. The molecule has 0 heterocycles. The van der Waals surface area contributed by atoms with Crippen LogP contribution < -0.4 is 5.32 Å². The molecule has 1 atom stereocenters. The average molecular weight is 215 g/mol. The van der Waals surface area contributed by atoms with Gasteiger partial charge in [-0.05, 0) is 52.5 Å². The third-order valence-corrected chi connectivity index (χ3v) is 3.32. The summed E-state index contributed by atoms with van der Waals surface area (Å²) in [4.78, 5) is 0. The van der Waals surface area contributed by atoms with E-state index in [1.54, 1.807) is 7.11 Å². The first-order valence-electron chi connectivity index (χ1n) is 5.89. The quantitative estimate of drug-likeness (QED) is 0.706. The first-order valence-corrected chi connectivity index (χ1v) is 5.89. The Morgan fingerprint density at radius 3 is 2.53 bits per heavy atom. The van der Waals surface area contributed by atoms with Gasteiger partial charge in [-0.3, -0.25) is 0 Å². The predicted octanol–water partition coefficient (Wildman–Crippen LogP) is 1.55. The molecule has 0 bridgehead atoms. The number of aliphatic hydroxyl groups is 1. The first-order chi connectivity index (χ1) is 6.93. The standard InChI is InChI=1S/C12H25NO2/c1-9(7-12(2,3)15-4)13-8-10-5-11(14)6-10/h9-11,13-14H,5-8H2,1-4H3. The van der Waals surface area contributed by atoms with Crippen molar-refractivity contribution in [3.8, 4) is 0 Å². The van der Waals surface area contributed by atoms with Gasteiger partial charge < -0.3 is 15.2 Å². The van der Waals surface area contributed by atoms with Gasteiger partial charge in [0.05, 0.1) is 11.7 Å². The predicted molar refractivity (Wildman–Crippen MR) is 61.9 cm³/mol. The molecule has 90 valence electrons. The summed E-state index contributed by atoms with van der Waals surface area (Å²) in [6.45, 7) is 7.43. The van der Waals surface area contributed by atoms with Crippen molar-refractivity contribution in [2.45, 2.75) is 57.8 Å². The first kappa shape index (κ1) is 12.9. The lowest BCUT2D eigenvalue weighted by molar-refractivity contribution is 0.00556. The van der Waals surface area contributed by atoms with Crippen LogP contribution in [0.25, 0.3) is 0 Å². The summed E-state index contributed by atoms with van der Waals surface area (Å²) in [5, 5.41) is 12.7. The molecule has 3 heteroatoms. The van der Waals surface area contributed by atoms with Gasteiger partial charge in [0.15, 0.2) is 0 Å². The van der Waals surface area contributed by atoms with Gasteiger partial charge in [-0.25, -0.2) is 0 Å². The van der Waals surface area contributed by atoms with Gasteiger partial charge >= 0.3 is 0 Å². The summed E-state index contributed by atoms with van der Waals surface area (Å²) >= 11 is 0. The van der Waals surface area contributed by atoms with Crippen molar-refractivity contribution in [3.05, 3.63) is 0 Å². The maximum Gasteiger partial charge on any atom is 0.0637 e. The van der Waals surface area contributed by atoms with Gasteiger partial charge in [0.1, 0.15) is 0 Å². The van der Waals surface area contributed by atoms with Crippen molar-refractivity contribution in [2.75, 3.05) is 13.7 Å². The Kier molecular flexibility index (Phi) is 4.56. The van der Waals surface area contributed by atoms with Crippen LogP contribution in [0.2, 0.25) is 0 Å². The van der Waals surface area contributed by atoms with Gasteiger partial charge in [0, 0.05) is 13.2 Å². The maximum atomic E-state index is 9.16. The molecule has 0 aromatic rings. The Morgan fingerprint density at radius 1 is 1.47 bits per heavy atom. The lowest BCUT2D eigenvalue weighted by atomic mass is 9.82. The van der Waals surface area contributed by atoms with Crippen LogP contribution in [-0.2, 0) is 4.74 Å². The lowest BCUT2D eigenvalue weighted by Crippen LogP contribution is -2.42. The Labute approximate surface area is 93.2 Å². The van der Waals surface area contributed by atoms with Gasteiger partial charge in [-0.1, -0.05) is 0 Å². The Hall–Kier alpha value is -0.120. The molecule has 1 rings (SSSR count). The third-order valence-electron chi connectivity index (χ3n) is 3.32. The molecule has 3 nitrogen and oxygen atoms in total. The molecule has 1 aliphatic carbocycles. The van der Waals surface area contributed by atoms with Crippen LogP contribution in [0.5, 0.6) is 0 Å². The molecular weight excluding hydrogens is 190 g/mol. The van der Waals surface area contributed by atoms with Gasteiger partial charge in [-0.2, -0.15) is 0 Å². The number of methoxy groups -OCH3 is 1. The van der Waals surface area contributed by atoms with Crippen molar-refractivity contribution in [2.24, 2.45) is 5.92 Å². The van der Waals surface area contributed by atoms with Crippen LogP contribution in [0.1, 0.15) is 40.0 Å². The fourth-order valence-corrected chi connectivity index (χ4v) is 2.13. The SMILES string of the molecule is COC(C)(C)CC(C)NCC1CC(O)C1. The smallest absolute Gasteiger partial charge is 0.0637 e. The second kappa shape index (κ2) is 5.28. The topological polar surface area (TPSA) is 41.5 Å². The van der Waals surface area contributed by atoms with E-state index in [0.29, 0.717) is 12.0 Å². The van der Waals surface area contributed by atoms with Crippen molar-refractivity contribution in [1.82, 2.24) is 5.32 Å². The molecule has 0 saturated heterocycles. The van der Waals surface area contributed by atoms with Crippen LogP contribution in [0.4, 0.5) is 0 Å². The second-order valence-corrected chi connectivity index (χ2v) is 5.47. The molecule has 1 fully saturated rings. The molecule has 1 unspecified atom stereocenters. The fraction of sp³-hybridized carbons (Fsp3) is 1.00. The van der Waals surface area contributed by atoms with Gasteiger partial charge in [0.25, 0.3) is 0 Å². The third kappa shape index (κ3) is 4.49. The van der Waals surface area contributed by atoms with E-state index in [2.05, 4.69) is 26.1 Å². The minimum Gasteiger partial charge on any atom is -0.393 e. The fourth-order valence-electron chi connectivity index (χ4n) is 2.13. The number of rotatable bonds is 6. The molecule has 0 aromatic heterocycles. The summed E-state index contributed by atoms with van der Waals surface area (Å²) in [7, 11) is 1.76. The molecule has 0 spiro atoms. The minimum atomic E-state index is -0.0501. The second-order valence-electron chi connectivity index (χ2n) is 5.47. The van der Waals surface area contributed by atoms with Crippen molar-refractivity contribution in [1.29, 1.82) is 0 Å². The van der Waals surface area contributed by atoms with Crippen LogP contribution in [-0.4, -0.2) is 36.5 Å². The minimum absolute atomic E-state index is 0.0393. The van der Waals surface area contributed by atoms with E-state index in [1.807, 2.05) is 0 Å². The van der Waals surface area contributed by atoms with E-state index in [0.717, 1.165) is 25.8 Å². The highest BCUT2D eigenvalue weighted by molar-refractivity contribution is 4.82. The van der Waals surface area contributed by atoms with Crippen LogP contribution in [0.3, 0.4) is 0 Å². The average Bonchev–Trinajstić information content (AvgIpc) is 2.10. The molecule has 1 saturated carbocycles. The summed E-state index contributed by atoms with van der Waals surface area (Å²) in [6.07, 6.45) is 2.90. The van der Waals surface area contributed by atoms with Crippen molar-refractivity contribution < 1.29 is 9.84 Å². The summed E-state index contributed by atoms with van der Waals surface area (Å²) in [5.41, 5.74) is -0.0501. The van der Waals surface area contributed by atoms with E-state index in [1.165, 1.54) is 0 Å². The van der Waals surface area contributed by atoms with Crippen molar-refractivity contribution >= 4 is 0 Å². The molecule has 0 amide bonds. The van der Waals surface area contributed by atoms with E-state index < -0.39 is 0 Å². The number of nitrogens with one attached hydrogen (secondary N) is 1. The Bertz CT molecular complexity index is 188. The summed E-state index contributed by atoms with van der Waals surface area (Å²) in [6, 6.07) is 0.470. The highest BCUT2D eigenvalue weighted by Gasteiger charge is 2.27. The summed E-state index contributed by atoms with van der Waals surface area (Å²) < 4.78 is 5.39. The number of hydrogen-bond acceptors (Lipinski definition) is 3. The molecule has 15 heavy (non-hydrogen) atoms. The molecule has 0 radical (unpaired) electrons. The van der Waals surface area contributed by atoms with Crippen LogP contribution in [0, 0.1) is 5.92 Å². The van der Waals surface area contributed by atoms with Gasteiger partial charge in [-0.15, -0.1) is 0 Å². The number of ether oxygens (including phenoxy) is 1. The zero-order valence-electron chi connectivity index (χ0n) is 10.4. The zero-order chi connectivity index (χ0) is 11.5. The largest absolute Gasteiger partial charge is 0.393 e. The van der Waals surface area contributed by atoms with E-state index >= 15 is 0 Å². The molecular formula is C12H25NO2. The van der Waals surface area contributed by atoms with E-state index in [4.69, 9.17) is 9.84 Å². The van der Waals surface area contributed by atoms with E-state index in [9.17, 15) is 0 Å². The Balaban J connectivity index is 2.11. The Morgan fingerprint density at radius 2 is 2.07 bits per heavy atom. The van der Waals surface area contributed by atoms with Crippen LogP contribution >= 0.6 is 0 Å². The molecule has 0 aromatic carbocycles. The van der Waals surface area contributed by atoms with Gasteiger partial charge in [0.2, 0.25) is 0 Å². The summed E-state index contributed by atoms with van der Waals surface area (Å²) in [5.74, 6) is 0.674. The maximum absolute atomic E-state index is 9.16. The van der Waals surface area contributed by atoms with Crippen LogP contribution in [0.15, 0.2) is 0 Å². The molecule has 0 aliphatic heterocycles. The van der Waals surface area contributed by atoms with E-state index in [-0.39, 0.29) is 11.7 Å².